The summed E-state index contributed by atoms with van der Waals surface area (Å²) in [7, 11) is 0. The van der Waals surface area contributed by atoms with E-state index in [1.807, 2.05) is 0 Å². The summed E-state index contributed by atoms with van der Waals surface area (Å²) in [6.45, 7) is 2.83. The van der Waals surface area contributed by atoms with E-state index in [-0.39, 0.29) is 18.0 Å². The van der Waals surface area contributed by atoms with Gasteiger partial charge in [-0.2, -0.15) is 0 Å². The van der Waals surface area contributed by atoms with E-state index in [1.54, 1.807) is 24.3 Å². The van der Waals surface area contributed by atoms with Crippen LogP contribution in [-0.2, 0) is 11.3 Å². The highest BCUT2D eigenvalue weighted by molar-refractivity contribution is 6.34. The lowest BCUT2D eigenvalue weighted by Crippen LogP contribution is -2.37. The van der Waals surface area contributed by atoms with Gasteiger partial charge in [0.2, 0.25) is 0 Å². The molecule has 138 valence electrons. The predicted molar refractivity (Wildman–Crippen MR) is 100 cm³/mol. The maximum Gasteiger partial charge on any atom is 0.319 e. The Morgan fingerprint density at radius 3 is 2.65 bits per heavy atom. The van der Waals surface area contributed by atoms with Crippen LogP contribution in [0.4, 0.5) is 16.2 Å². The van der Waals surface area contributed by atoms with Crippen molar-refractivity contribution in [2.75, 3.05) is 36.5 Å². The third-order valence-electron chi connectivity index (χ3n) is 4.06. The smallest absolute Gasteiger partial charge is 0.319 e. The highest BCUT2D eigenvalue weighted by atomic mass is 35.5. The number of aromatic hydroxyl groups is 2. The SMILES string of the molecule is O=C(NCc1ccc(O)c(O)c1)Nc1cccc(Cl)c1N1CCOCC1. The molecule has 1 saturated heterocycles. The highest BCUT2D eigenvalue weighted by Gasteiger charge is 2.19. The largest absolute Gasteiger partial charge is 0.504 e. The molecule has 0 spiro atoms. The van der Waals surface area contributed by atoms with E-state index in [9.17, 15) is 15.0 Å². The number of nitrogens with one attached hydrogen (secondary N) is 2. The number of phenolic OH excluding ortho intramolecular Hbond substituents is 2. The van der Waals surface area contributed by atoms with Crippen molar-refractivity contribution in [1.82, 2.24) is 5.32 Å². The van der Waals surface area contributed by atoms with Gasteiger partial charge in [-0.1, -0.05) is 23.7 Å². The first-order valence-electron chi connectivity index (χ1n) is 8.21. The number of benzene rings is 2. The Bertz CT molecular complexity index is 794. The molecule has 7 nitrogen and oxygen atoms in total. The van der Waals surface area contributed by atoms with E-state index in [0.29, 0.717) is 42.6 Å². The van der Waals surface area contributed by atoms with E-state index < -0.39 is 6.03 Å². The molecule has 3 rings (SSSR count). The second-order valence-electron chi connectivity index (χ2n) is 5.87. The number of halogens is 1. The first-order chi connectivity index (χ1) is 12.5. The molecule has 26 heavy (non-hydrogen) atoms. The summed E-state index contributed by atoms with van der Waals surface area (Å²) in [6, 6.07) is 9.35. The molecule has 8 heteroatoms. The number of hydrogen-bond donors (Lipinski definition) is 4. The van der Waals surface area contributed by atoms with Crippen molar-refractivity contribution in [2.45, 2.75) is 6.54 Å². The Labute approximate surface area is 156 Å². The normalized spacial score (nSPS) is 14.1. The van der Waals surface area contributed by atoms with Crippen molar-refractivity contribution in [3.63, 3.8) is 0 Å². The van der Waals surface area contributed by atoms with Gasteiger partial charge >= 0.3 is 6.03 Å². The second kappa shape index (κ2) is 8.16. The summed E-state index contributed by atoms with van der Waals surface area (Å²) < 4.78 is 5.36. The average Bonchev–Trinajstić information content (AvgIpc) is 2.63. The van der Waals surface area contributed by atoms with Crippen LogP contribution in [0, 0.1) is 0 Å². The van der Waals surface area contributed by atoms with Crippen LogP contribution >= 0.6 is 11.6 Å². The molecule has 1 aliphatic rings. The minimum atomic E-state index is -0.394. The van der Waals surface area contributed by atoms with Gasteiger partial charge in [-0.05, 0) is 29.8 Å². The van der Waals surface area contributed by atoms with Gasteiger partial charge in [-0.15, -0.1) is 0 Å². The van der Waals surface area contributed by atoms with Gasteiger partial charge in [0.15, 0.2) is 11.5 Å². The zero-order chi connectivity index (χ0) is 18.5. The number of anilines is 2. The summed E-state index contributed by atoms with van der Waals surface area (Å²) in [6.07, 6.45) is 0. The Morgan fingerprint density at radius 1 is 1.15 bits per heavy atom. The summed E-state index contributed by atoms with van der Waals surface area (Å²) in [5.74, 6) is -0.429. The number of hydrogen-bond acceptors (Lipinski definition) is 5. The van der Waals surface area contributed by atoms with Crippen LogP contribution in [0.3, 0.4) is 0 Å². The van der Waals surface area contributed by atoms with E-state index >= 15 is 0 Å². The highest BCUT2D eigenvalue weighted by Crippen LogP contribution is 2.34. The molecular formula is C18H20ClN3O4. The number of rotatable bonds is 4. The molecule has 0 atom stereocenters. The summed E-state index contributed by atoms with van der Waals surface area (Å²) in [4.78, 5) is 14.3. The Kier molecular flexibility index (Phi) is 5.70. The molecule has 1 heterocycles. The van der Waals surface area contributed by atoms with Crippen molar-refractivity contribution in [1.29, 1.82) is 0 Å². The van der Waals surface area contributed by atoms with Crippen LogP contribution in [0.5, 0.6) is 11.5 Å². The first-order valence-corrected chi connectivity index (χ1v) is 8.59. The molecule has 2 aromatic carbocycles. The van der Waals surface area contributed by atoms with Crippen molar-refractivity contribution >= 4 is 29.0 Å². The number of para-hydroxylation sites is 1. The maximum absolute atomic E-state index is 12.3. The van der Waals surface area contributed by atoms with E-state index in [2.05, 4.69) is 15.5 Å². The standard InChI is InChI=1S/C18H20ClN3O4/c19-13-2-1-3-14(17(13)22-6-8-26-9-7-22)21-18(25)20-11-12-4-5-15(23)16(24)10-12/h1-5,10,23-24H,6-9,11H2,(H2,20,21,25). The summed E-state index contributed by atoms with van der Waals surface area (Å²) in [5, 5.41) is 24.9. The van der Waals surface area contributed by atoms with E-state index in [0.717, 1.165) is 5.69 Å². The van der Waals surface area contributed by atoms with Gasteiger partial charge in [0.25, 0.3) is 0 Å². The van der Waals surface area contributed by atoms with Crippen molar-refractivity contribution in [2.24, 2.45) is 0 Å². The monoisotopic (exact) mass is 377 g/mol. The number of urea groups is 1. The number of carbonyl (C=O) groups is 1. The lowest BCUT2D eigenvalue weighted by atomic mass is 10.2. The molecule has 0 saturated carbocycles. The quantitative estimate of drug-likeness (QED) is 0.615. The third kappa shape index (κ3) is 4.30. The lowest BCUT2D eigenvalue weighted by molar-refractivity contribution is 0.123. The van der Waals surface area contributed by atoms with Gasteiger partial charge in [0, 0.05) is 19.6 Å². The molecule has 4 N–H and O–H groups in total. The topological polar surface area (TPSA) is 94.1 Å². The molecule has 0 radical (unpaired) electrons. The fraction of sp³-hybridized carbons (Fsp3) is 0.278. The molecule has 0 bridgehead atoms. The van der Waals surface area contributed by atoms with Crippen molar-refractivity contribution in [3.8, 4) is 11.5 Å². The Balaban J connectivity index is 1.67. The zero-order valence-electron chi connectivity index (χ0n) is 14.0. The van der Waals surface area contributed by atoms with Gasteiger partial charge in [0.05, 0.1) is 29.6 Å². The van der Waals surface area contributed by atoms with Crippen LogP contribution in [0.25, 0.3) is 0 Å². The minimum Gasteiger partial charge on any atom is -0.504 e. The number of nitrogens with zero attached hydrogens (tertiary/aromatic N) is 1. The number of phenols is 2. The predicted octanol–water partition coefficient (Wildman–Crippen LogP) is 2.91. The van der Waals surface area contributed by atoms with Crippen LogP contribution in [-0.4, -0.2) is 42.5 Å². The molecule has 1 fully saturated rings. The molecule has 0 unspecified atom stereocenters. The molecule has 0 aliphatic carbocycles. The van der Waals surface area contributed by atoms with E-state index in [1.165, 1.54) is 12.1 Å². The van der Waals surface area contributed by atoms with Crippen LogP contribution < -0.4 is 15.5 Å². The summed E-state index contributed by atoms with van der Waals surface area (Å²) >= 11 is 6.35. The Morgan fingerprint density at radius 2 is 1.92 bits per heavy atom. The van der Waals surface area contributed by atoms with Gasteiger partial charge in [-0.3, -0.25) is 0 Å². The number of carbonyl (C=O) groups excluding carboxylic acids is 1. The summed E-state index contributed by atoms with van der Waals surface area (Å²) in [5.41, 5.74) is 2.05. The fourth-order valence-electron chi connectivity index (χ4n) is 2.75. The first kappa shape index (κ1) is 18.2. The van der Waals surface area contributed by atoms with Crippen molar-refractivity contribution < 1.29 is 19.7 Å². The minimum absolute atomic E-state index is 0.202. The molecule has 2 aromatic rings. The number of ether oxygens (including phenoxy) is 1. The van der Waals surface area contributed by atoms with E-state index in [4.69, 9.17) is 16.3 Å². The molecule has 1 aliphatic heterocycles. The molecule has 2 amide bonds. The van der Waals surface area contributed by atoms with Crippen molar-refractivity contribution in [3.05, 3.63) is 47.0 Å². The van der Waals surface area contributed by atoms with Crippen LogP contribution in [0.1, 0.15) is 5.56 Å². The molecular weight excluding hydrogens is 358 g/mol. The van der Waals surface area contributed by atoms with Gasteiger partial charge in [-0.25, -0.2) is 4.79 Å². The Hall–Kier alpha value is -2.64. The third-order valence-corrected chi connectivity index (χ3v) is 4.36. The molecule has 0 aromatic heterocycles. The van der Waals surface area contributed by atoms with Crippen LogP contribution in [0.2, 0.25) is 5.02 Å². The van der Waals surface area contributed by atoms with Crippen LogP contribution in [0.15, 0.2) is 36.4 Å². The number of morpholine rings is 1. The lowest BCUT2D eigenvalue weighted by Gasteiger charge is -2.31. The van der Waals surface area contributed by atoms with Gasteiger partial charge < -0.3 is 30.5 Å². The number of amides is 2. The second-order valence-corrected chi connectivity index (χ2v) is 6.27. The zero-order valence-corrected chi connectivity index (χ0v) is 14.8. The maximum atomic E-state index is 12.3. The average molecular weight is 378 g/mol. The fourth-order valence-corrected chi connectivity index (χ4v) is 3.05. The van der Waals surface area contributed by atoms with Gasteiger partial charge in [0.1, 0.15) is 0 Å².